The maximum atomic E-state index is 9.46. The van der Waals surface area contributed by atoms with E-state index in [1.807, 2.05) is 0 Å². The Morgan fingerprint density at radius 1 is 1.20 bits per heavy atom. The zero-order chi connectivity index (χ0) is 14.4. The lowest BCUT2D eigenvalue weighted by molar-refractivity contribution is 0.0266. The SMILES string of the molecule is CCN(CC)c1ccc(C(C#N)N2CCOCC2)cc1. The average molecular weight is 273 g/mol. The second-order valence-electron chi connectivity index (χ2n) is 4.94. The second-order valence-corrected chi connectivity index (χ2v) is 4.94. The van der Waals surface area contributed by atoms with Crippen molar-refractivity contribution >= 4 is 5.69 Å². The number of hydrogen-bond acceptors (Lipinski definition) is 4. The third-order valence-corrected chi connectivity index (χ3v) is 3.87. The third-order valence-electron chi connectivity index (χ3n) is 3.87. The molecule has 1 unspecified atom stereocenters. The maximum absolute atomic E-state index is 9.46. The molecule has 108 valence electrons. The van der Waals surface area contributed by atoms with Crippen LogP contribution in [-0.4, -0.2) is 44.3 Å². The monoisotopic (exact) mass is 273 g/mol. The van der Waals surface area contributed by atoms with Crippen molar-refractivity contribution in [3.63, 3.8) is 0 Å². The zero-order valence-electron chi connectivity index (χ0n) is 12.4. The molecule has 4 nitrogen and oxygen atoms in total. The van der Waals surface area contributed by atoms with Crippen molar-refractivity contribution in [2.75, 3.05) is 44.3 Å². The van der Waals surface area contributed by atoms with Crippen LogP contribution in [0, 0.1) is 11.3 Å². The van der Waals surface area contributed by atoms with Crippen molar-refractivity contribution < 1.29 is 4.74 Å². The number of ether oxygens (including phenoxy) is 1. The van der Waals surface area contributed by atoms with Crippen LogP contribution in [0.2, 0.25) is 0 Å². The Kier molecular flexibility index (Phi) is 5.40. The van der Waals surface area contributed by atoms with Crippen molar-refractivity contribution in [1.82, 2.24) is 4.90 Å². The van der Waals surface area contributed by atoms with E-state index in [4.69, 9.17) is 4.74 Å². The lowest BCUT2D eigenvalue weighted by Crippen LogP contribution is -2.38. The summed E-state index contributed by atoms with van der Waals surface area (Å²) in [5, 5.41) is 9.46. The van der Waals surface area contributed by atoms with E-state index in [1.165, 1.54) is 5.69 Å². The predicted molar refractivity (Wildman–Crippen MR) is 80.7 cm³/mol. The quantitative estimate of drug-likeness (QED) is 0.826. The van der Waals surface area contributed by atoms with Gasteiger partial charge in [-0.15, -0.1) is 0 Å². The molecule has 4 heteroatoms. The third kappa shape index (κ3) is 3.30. The molecule has 1 aromatic carbocycles. The van der Waals surface area contributed by atoms with Crippen LogP contribution in [0.5, 0.6) is 0 Å². The standard InChI is InChI=1S/C16H23N3O/c1-3-18(4-2)15-7-5-14(6-8-15)16(13-17)19-9-11-20-12-10-19/h5-8,16H,3-4,9-12H2,1-2H3. The van der Waals surface area contributed by atoms with E-state index in [0.717, 1.165) is 45.0 Å². The Bertz CT molecular complexity index is 442. The molecule has 1 aromatic rings. The molecule has 0 spiro atoms. The molecule has 1 saturated heterocycles. The summed E-state index contributed by atoms with van der Waals surface area (Å²) in [6.45, 7) is 9.41. The lowest BCUT2D eigenvalue weighted by atomic mass is 10.1. The topological polar surface area (TPSA) is 39.5 Å². The van der Waals surface area contributed by atoms with Crippen LogP contribution in [-0.2, 0) is 4.74 Å². The van der Waals surface area contributed by atoms with Crippen LogP contribution < -0.4 is 4.90 Å². The van der Waals surface area contributed by atoms with Crippen molar-refractivity contribution in [2.45, 2.75) is 19.9 Å². The Balaban J connectivity index is 2.13. The van der Waals surface area contributed by atoms with E-state index in [2.05, 4.69) is 54.0 Å². The van der Waals surface area contributed by atoms with Crippen molar-refractivity contribution in [3.8, 4) is 6.07 Å². The smallest absolute Gasteiger partial charge is 0.124 e. The molecular formula is C16H23N3O. The van der Waals surface area contributed by atoms with Crippen LogP contribution in [0.15, 0.2) is 24.3 Å². The summed E-state index contributed by atoms with van der Waals surface area (Å²) in [5.74, 6) is 0. The average Bonchev–Trinajstić information content (AvgIpc) is 2.52. The largest absolute Gasteiger partial charge is 0.379 e. The number of anilines is 1. The van der Waals surface area contributed by atoms with Crippen molar-refractivity contribution in [3.05, 3.63) is 29.8 Å². The summed E-state index contributed by atoms with van der Waals surface area (Å²) in [6.07, 6.45) is 0. The van der Waals surface area contributed by atoms with E-state index < -0.39 is 0 Å². The number of nitrogens with zero attached hydrogens (tertiary/aromatic N) is 3. The van der Waals surface area contributed by atoms with Crippen LogP contribution in [0.1, 0.15) is 25.5 Å². The molecule has 1 atom stereocenters. The van der Waals surface area contributed by atoms with Gasteiger partial charge in [0.15, 0.2) is 0 Å². The van der Waals surface area contributed by atoms with Crippen molar-refractivity contribution in [2.24, 2.45) is 0 Å². The molecule has 1 fully saturated rings. The van der Waals surface area contributed by atoms with E-state index in [1.54, 1.807) is 0 Å². The molecule has 0 aliphatic carbocycles. The molecule has 2 rings (SSSR count). The predicted octanol–water partition coefficient (Wildman–Crippen LogP) is 2.43. The summed E-state index contributed by atoms with van der Waals surface area (Å²) in [4.78, 5) is 4.50. The number of morpholine rings is 1. The Hall–Kier alpha value is -1.57. The van der Waals surface area contributed by atoms with Gasteiger partial charge in [0, 0.05) is 31.9 Å². The summed E-state index contributed by atoms with van der Waals surface area (Å²) in [6, 6.07) is 10.7. The fraction of sp³-hybridized carbons (Fsp3) is 0.562. The number of hydrogen-bond donors (Lipinski definition) is 0. The fourth-order valence-corrected chi connectivity index (χ4v) is 2.66. The van der Waals surface area contributed by atoms with Gasteiger partial charge in [0.1, 0.15) is 6.04 Å². The molecule has 0 bridgehead atoms. The number of nitriles is 1. The lowest BCUT2D eigenvalue weighted by Gasteiger charge is -2.31. The zero-order valence-corrected chi connectivity index (χ0v) is 12.4. The minimum Gasteiger partial charge on any atom is -0.379 e. The summed E-state index contributed by atoms with van der Waals surface area (Å²) < 4.78 is 5.35. The molecule has 20 heavy (non-hydrogen) atoms. The van der Waals surface area contributed by atoms with Gasteiger partial charge in [-0.1, -0.05) is 12.1 Å². The van der Waals surface area contributed by atoms with Gasteiger partial charge in [0.05, 0.1) is 19.3 Å². The highest BCUT2D eigenvalue weighted by atomic mass is 16.5. The molecule has 1 aliphatic rings. The summed E-state index contributed by atoms with van der Waals surface area (Å²) in [7, 11) is 0. The Morgan fingerprint density at radius 2 is 1.80 bits per heavy atom. The molecule has 0 saturated carbocycles. The maximum Gasteiger partial charge on any atom is 0.124 e. The van der Waals surface area contributed by atoms with Crippen LogP contribution in [0.25, 0.3) is 0 Å². The number of rotatable bonds is 5. The second kappa shape index (κ2) is 7.28. The van der Waals surface area contributed by atoms with Gasteiger partial charge in [-0.3, -0.25) is 4.90 Å². The van der Waals surface area contributed by atoms with Gasteiger partial charge in [-0.05, 0) is 31.5 Å². The fourth-order valence-electron chi connectivity index (χ4n) is 2.66. The van der Waals surface area contributed by atoms with E-state index in [0.29, 0.717) is 0 Å². The summed E-state index contributed by atoms with van der Waals surface area (Å²) in [5.41, 5.74) is 2.29. The van der Waals surface area contributed by atoms with Gasteiger partial charge < -0.3 is 9.64 Å². The molecule has 0 aromatic heterocycles. The van der Waals surface area contributed by atoms with Crippen LogP contribution >= 0.6 is 0 Å². The van der Waals surface area contributed by atoms with E-state index in [-0.39, 0.29) is 6.04 Å². The first kappa shape index (κ1) is 14.8. The minimum atomic E-state index is -0.162. The molecule has 1 aliphatic heterocycles. The highest BCUT2D eigenvalue weighted by molar-refractivity contribution is 5.48. The van der Waals surface area contributed by atoms with E-state index >= 15 is 0 Å². The highest BCUT2D eigenvalue weighted by Crippen LogP contribution is 2.24. The van der Waals surface area contributed by atoms with Gasteiger partial charge in [-0.2, -0.15) is 5.26 Å². The van der Waals surface area contributed by atoms with Gasteiger partial charge >= 0.3 is 0 Å². The Morgan fingerprint density at radius 3 is 2.30 bits per heavy atom. The van der Waals surface area contributed by atoms with Gasteiger partial charge in [-0.25, -0.2) is 0 Å². The number of benzene rings is 1. The highest BCUT2D eigenvalue weighted by Gasteiger charge is 2.22. The minimum absolute atomic E-state index is 0.162. The molecule has 0 radical (unpaired) electrons. The van der Waals surface area contributed by atoms with Gasteiger partial charge in [0.25, 0.3) is 0 Å². The van der Waals surface area contributed by atoms with Crippen LogP contribution in [0.3, 0.4) is 0 Å². The molecule has 1 heterocycles. The summed E-state index contributed by atoms with van der Waals surface area (Å²) >= 11 is 0. The van der Waals surface area contributed by atoms with E-state index in [9.17, 15) is 5.26 Å². The van der Waals surface area contributed by atoms with Crippen molar-refractivity contribution in [1.29, 1.82) is 5.26 Å². The normalized spacial score (nSPS) is 17.4. The first-order valence-corrected chi connectivity index (χ1v) is 7.36. The van der Waals surface area contributed by atoms with Gasteiger partial charge in [0.2, 0.25) is 0 Å². The molecule has 0 amide bonds. The molecule has 0 N–H and O–H groups in total. The first-order chi connectivity index (χ1) is 9.80. The molecular weight excluding hydrogens is 250 g/mol. The van der Waals surface area contributed by atoms with Crippen LogP contribution in [0.4, 0.5) is 5.69 Å². The first-order valence-electron chi connectivity index (χ1n) is 7.36. The Labute approximate surface area is 121 Å².